The molecule has 0 unspecified atom stereocenters. The number of thioether (sulfide) groups is 1. The molecule has 4 aromatic rings. The van der Waals surface area contributed by atoms with Crippen LogP contribution < -0.4 is 18.9 Å². The minimum absolute atomic E-state index is 0.178. The lowest BCUT2D eigenvalue weighted by Crippen LogP contribution is -2.28. The summed E-state index contributed by atoms with van der Waals surface area (Å²) < 4.78 is 45.3. The quantitative estimate of drug-likeness (QED) is 0.224. The summed E-state index contributed by atoms with van der Waals surface area (Å²) in [5, 5.41) is 2.39. The zero-order valence-electron chi connectivity index (χ0n) is 21.7. The van der Waals surface area contributed by atoms with Gasteiger partial charge in [0.1, 0.15) is 33.4 Å². The molecular weight excluding hydrogens is 541 g/mol. The van der Waals surface area contributed by atoms with Gasteiger partial charge in [-0.25, -0.2) is 8.42 Å². The molecule has 3 aromatic carbocycles. The Bertz CT molecular complexity index is 1620. The van der Waals surface area contributed by atoms with Crippen LogP contribution >= 0.6 is 23.1 Å². The lowest BCUT2D eigenvalue weighted by Gasteiger charge is -2.12. The number of aromatic nitrogens is 1. The summed E-state index contributed by atoms with van der Waals surface area (Å²) >= 11 is 3.52. The van der Waals surface area contributed by atoms with Crippen LogP contribution in [0.2, 0.25) is 0 Å². The van der Waals surface area contributed by atoms with E-state index in [4.69, 9.17) is 9.47 Å². The number of benzene rings is 3. The maximum atomic E-state index is 10.4. The van der Waals surface area contributed by atoms with Gasteiger partial charge in [0.05, 0.1) is 29.8 Å². The Morgan fingerprint density at radius 1 is 0.974 bits per heavy atom. The molecule has 1 aliphatic rings. The fraction of sp³-hybridized carbons (Fsp3) is 0.179. The maximum absolute atomic E-state index is 10.4. The summed E-state index contributed by atoms with van der Waals surface area (Å²) in [7, 11) is 3.32. The number of fused-ring (bicyclic) bond motifs is 2. The summed E-state index contributed by atoms with van der Waals surface area (Å²) in [5.74, 6) is 1.78. The van der Waals surface area contributed by atoms with E-state index in [1.54, 1.807) is 49.5 Å². The van der Waals surface area contributed by atoms with Gasteiger partial charge >= 0.3 is 0 Å². The molecule has 1 aliphatic heterocycles. The van der Waals surface area contributed by atoms with Gasteiger partial charge in [-0.15, -0.1) is 0 Å². The third kappa shape index (κ3) is 6.21. The van der Waals surface area contributed by atoms with E-state index in [9.17, 15) is 13.0 Å². The highest BCUT2D eigenvalue weighted by Gasteiger charge is 2.22. The fourth-order valence-electron chi connectivity index (χ4n) is 3.77. The van der Waals surface area contributed by atoms with E-state index < -0.39 is 10.1 Å². The van der Waals surface area contributed by atoms with Crippen molar-refractivity contribution in [1.29, 1.82) is 0 Å². The number of nitrogens with zero attached hydrogens (tertiary/aromatic N) is 2. The summed E-state index contributed by atoms with van der Waals surface area (Å²) in [4.78, 5) is 3.25. The van der Waals surface area contributed by atoms with Crippen LogP contribution in [0.25, 0.3) is 16.3 Å². The third-order valence-corrected chi connectivity index (χ3v) is 9.12. The van der Waals surface area contributed by atoms with Gasteiger partial charge in [-0.2, -0.15) is 4.57 Å². The lowest BCUT2D eigenvalue weighted by atomic mass is 10.2. The first-order valence-corrected chi connectivity index (χ1v) is 14.6. The van der Waals surface area contributed by atoms with Crippen molar-refractivity contribution in [2.24, 2.45) is 7.05 Å². The normalized spacial score (nSPS) is 14.1. The second-order valence-electron chi connectivity index (χ2n) is 8.46. The maximum Gasteiger partial charge on any atom is 0.262 e. The zero-order valence-corrected chi connectivity index (χ0v) is 24.1. The molecule has 0 spiro atoms. The van der Waals surface area contributed by atoms with E-state index in [1.807, 2.05) is 19.1 Å². The van der Waals surface area contributed by atoms with Crippen molar-refractivity contribution < 1.29 is 27.0 Å². The smallest absolute Gasteiger partial charge is 0.262 e. The van der Waals surface area contributed by atoms with Crippen molar-refractivity contribution >= 4 is 55.2 Å². The standard InChI is InChI=1S/C21H21N2O2S2.C7H8O3S/c1-22-16-10-8-14(24-3)12-18(16)26-20(22)6-5-7-21-23(2)17-11-9-15(25-4)13-19(17)27-21;1-6-2-4-7(5-3-6)11(8,9)10/h5-13H,1-4H3;2-5H,1H3,(H,8,9,10)/q+1;/p-1. The molecule has 198 valence electrons. The number of hydrogen-bond acceptors (Lipinski definition) is 8. The third-order valence-electron chi connectivity index (χ3n) is 5.93. The highest BCUT2D eigenvalue weighted by atomic mass is 32.2. The Labute approximate surface area is 231 Å². The van der Waals surface area contributed by atoms with Crippen LogP contribution in [-0.2, 0) is 17.2 Å². The molecule has 0 saturated heterocycles. The summed E-state index contributed by atoms with van der Waals surface area (Å²) in [6, 6.07) is 18.2. The summed E-state index contributed by atoms with van der Waals surface area (Å²) in [6.45, 7) is 1.82. The van der Waals surface area contributed by atoms with Gasteiger partial charge in [0.15, 0.2) is 0 Å². The molecule has 1 aromatic heterocycles. The molecule has 10 heteroatoms. The Kier molecular flexibility index (Phi) is 8.47. The topological polar surface area (TPSA) is 82.8 Å². The molecule has 0 fully saturated rings. The highest BCUT2D eigenvalue weighted by Crippen LogP contribution is 2.46. The second-order valence-corrected chi connectivity index (χ2v) is 12.0. The van der Waals surface area contributed by atoms with Gasteiger partial charge in [0.2, 0.25) is 5.52 Å². The number of hydrogen-bond donors (Lipinski definition) is 0. The average molecular weight is 569 g/mol. The Morgan fingerprint density at radius 3 is 2.29 bits per heavy atom. The molecular formula is C28H28N2O5S3. The summed E-state index contributed by atoms with van der Waals surface area (Å²) in [5.41, 5.74) is 3.34. The van der Waals surface area contributed by atoms with Crippen LogP contribution in [0.3, 0.4) is 0 Å². The number of rotatable bonds is 5. The predicted molar refractivity (Wildman–Crippen MR) is 153 cm³/mol. The van der Waals surface area contributed by atoms with Crippen molar-refractivity contribution in [1.82, 2.24) is 0 Å². The predicted octanol–water partition coefficient (Wildman–Crippen LogP) is 5.74. The van der Waals surface area contributed by atoms with Gasteiger partial charge in [-0.1, -0.05) is 46.9 Å². The van der Waals surface area contributed by atoms with E-state index in [2.05, 4.69) is 66.1 Å². The Balaban J connectivity index is 0.000000257. The van der Waals surface area contributed by atoms with Gasteiger partial charge in [0.25, 0.3) is 5.01 Å². The average Bonchev–Trinajstić information content (AvgIpc) is 3.39. The molecule has 2 heterocycles. The molecule has 0 N–H and O–H groups in total. The molecule has 0 saturated carbocycles. The fourth-order valence-corrected chi connectivity index (χ4v) is 6.42. The van der Waals surface area contributed by atoms with Crippen molar-refractivity contribution in [3.63, 3.8) is 0 Å². The number of allylic oxidation sites excluding steroid dienone is 2. The first-order chi connectivity index (χ1) is 18.1. The minimum atomic E-state index is -4.27. The largest absolute Gasteiger partial charge is 0.744 e. The molecule has 0 atom stereocenters. The van der Waals surface area contributed by atoms with Crippen LogP contribution in [0, 0.1) is 6.92 Å². The summed E-state index contributed by atoms with van der Waals surface area (Å²) in [6.07, 6.45) is 6.42. The Morgan fingerprint density at radius 2 is 1.63 bits per heavy atom. The first kappa shape index (κ1) is 27.7. The van der Waals surface area contributed by atoms with Crippen molar-refractivity contribution in [2.75, 3.05) is 26.2 Å². The molecule has 5 rings (SSSR count). The van der Waals surface area contributed by atoms with E-state index in [-0.39, 0.29) is 4.90 Å². The molecule has 7 nitrogen and oxygen atoms in total. The number of ether oxygens (including phenoxy) is 2. The number of methoxy groups -OCH3 is 2. The monoisotopic (exact) mass is 568 g/mol. The van der Waals surface area contributed by atoms with Gasteiger partial charge in [0, 0.05) is 30.2 Å². The van der Waals surface area contributed by atoms with Crippen molar-refractivity contribution in [2.45, 2.75) is 16.7 Å². The van der Waals surface area contributed by atoms with Crippen molar-refractivity contribution in [3.8, 4) is 11.5 Å². The van der Waals surface area contributed by atoms with Gasteiger partial charge in [-0.3, -0.25) is 0 Å². The van der Waals surface area contributed by atoms with Crippen molar-refractivity contribution in [3.05, 3.63) is 88.4 Å². The van der Waals surface area contributed by atoms with Crippen LogP contribution in [-0.4, -0.2) is 34.2 Å². The number of thiazole rings is 1. The van der Waals surface area contributed by atoms with E-state index in [1.165, 1.54) is 43.0 Å². The molecule has 0 amide bonds. The van der Waals surface area contributed by atoms with E-state index in [0.717, 1.165) is 17.1 Å². The first-order valence-electron chi connectivity index (χ1n) is 11.6. The van der Waals surface area contributed by atoms with Crippen LogP contribution in [0.1, 0.15) is 10.6 Å². The van der Waals surface area contributed by atoms with Crippen LogP contribution in [0.5, 0.6) is 11.5 Å². The van der Waals surface area contributed by atoms with E-state index in [0.29, 0.717) is 0 Å². The SMILES string of the molecule is COc1ccc2c(c1)S/C(=C\C=C\c1sc3cc(OC)ccc3[n+]1C)N2C.Cc1ccc(S(=O)(=O)[O-])cc1. The number of aryl methyl sites for hydroxylation is 2. The van der Waals surface area contributed by atoms with Crippen LogP contribution in [0.15, 0.2) is 87.6 Å². The highest BCUT2D eigenvalue weighted by molar-refractivity contribution is 8.03. The number of anilines is 1. The van der Waals surface area contributed by atoms with Gasteiger partial charge in [-0.05, 0) is 49.4 Å². The second kappa shape index (κ2) is 11.6. The Hall–Kier alpha value is -3.31. The zero-order chi connectivity index (χ0) is 27.4. The molecule has 0 bridgehead atoms. The minimum Gasteiger partial charge on any atom is -0.744 e. The molecule has 38 heavy (non-hydrogen) atoms. The van der Waals surface area contributed by atoms with E-state index >= 15 is 0 Å². The van der Waals surface area contributed by atoms with Gasteiger partial charge < -0.3 is 18.9 Å². The van der Waals surface area contributed by atoms with Crippen LogP contribution in [0.4, 0.5) is 5.69 Å². The lowest BCUT2D eigenvalue weighted by molar-refractivity contribution is -0.642. The molecule has 0 aliphatic carbocycles. The molecule has 0 radical (unpaired) electrons.